The van der Waals surface area contributed by atoms with E-state index in [0.29, 0.717) is 18.2 Å². The summed E-state index contributed by atoms with van der Waals surface area (Å²) in [6, 6.07) is 9.63. The summed E-state index contributed by atoms with van der Waals surface area (Å²) in [6.07, 6.45) is 0. The molecular weight excluding hydrogens is 273 g/mol. The highest BCUT2D eigenvalue weighted by Gasteiger charge is 2.19. The number of hydrogen-bond acceptors (Lipinski definition) is 4. The minimum Gasteiger partial charge on any atom is -0.314 e. The van der Waals surface area contributed by atoms with E-state index in [1.807, 2.05) is 44.2 Å². The molecule has 0 radical (unpaired) electrons. The molecule has 0 atom stereocenters. The van der Waals surface area contributed by atoms with Crippen molar-refractivity contribution in [3.05, 3.63) is 35.9 Å². The van der Waals surface area contributed by atoms with E-state index in [4.69, 9.17) is 33.1 Å². The second-order valence-electron chi connectivity index (χ2n) is 3.14. The summed E-state index contributed by atoms with van der Waals surface area (Å²) in [7, 11) is 0. The van der Waals surface area contributed by atoms with Crippen molar-refractivity contribution in [2.45, 2.75) is 13.8 Å². The number of hydrogen-bond donors (Lipinski definition) is 1. The lowest BCUT2D eigenvalue weighted by molar-refractivity contribution is 0.263. The van der Waals surface area contributed by atoms with Gasteiger partial charge in [-0.3, -0.25) is 0 Å². The van der Waals surface area contributed by atoms with E-state index in [1.54, 1.807) is 0 Å². The van der Waals surface area contributed by atoms with E-state index in [0.717, 1.165) is 5.56 Å². The number of rotatable bonds is 6. The van der Waals surface area contributed by atoms with Gasteiger partial charge in [0, 0.05) is 5.56 Å². The first kappa shape index (κ1) is 14.7. The Balaban J connectivity index is 2.74. The molecule has 17 heavy (non-hydrogen) atoms. The van der Waals surface area contributed by atoms with Crippen LogP contribution in [0.5, 0.6) is 0 Å². The topological polar surface area (TPSA) is 30.5 Å². The smallest absolute Gasteiger partial charge is 0.288 e. The normalized spacial score (nSPS) is 11.2. The Bertz CT molecular complexity index is 401. The summed E-state index contributed by atoms with van der Waals surface area (Å²) in [5.74, 6) is 0. The quantitative estimate of drug-likeness (QED) is 0.641. The van der Waals surface area contributed by atoms with Gasteiger partial charge in [0.05, 0.1) is 13.2 Å². The fourth-order valence-electron chi connectivity index (χ4n) is 1.22. The number of nitrogens with one attached hydrogen (secondary N) is 1. The summed E-state index contributed by atoms with van der Waals surface area (Å²) < 4.78 is 10.9. The molecule has 0 aliphatic heterocycles. The van der Waals surface area contributed by atoms with Crippen molar-refractivity contribution in [1.82, 2.24) is 5.09 Å². The van der Waals surface area contributed by atoms with E-state index in [9.17, 15) is 0 Å². The molecule has 6 heteroatoms. The molecule has 1 N–H and O–H groups in total. The maximum Gasteiger partial charge on any atom is 0.288 e. The van der Waals surface area contributed by atoms with Gasteiger partial charge in [-0.15, -0.1) is 0 Å². The van der Waals surface area contributed by atoms with Crippen LogP contribution in [0.2, 0.25) is 0 Å². The lowest BCUT2D eigenvalue weighted by Crippen LogP contribution is -2.21. The summed E-state index contributed by atoms with van der Waals surface area (Å²) >= 11 is 10.6. The first-order chi connectivity index (χ1) is 8.11. The van der Waals surface area contributed by atoms with Crippen molar-refractivity contribution in [1.29, 1.82) is 0 Å². The third-order valence-corrected chi connectivity index (χ3v) is 4.96. The molecule has 0 aliphatic rings. The Labute approximate surface area is 113 Å². The van der Waals surface area contributed by atoms with Gasteiger partial charge in [-0.05, 0) is 25.7 Å². The molecule has 1 aromatic rings. The molecule has 0 bridgehead atoms. The highest BCUT2D eigenvalue weighted by Crippen LogP contribution is 2.44. The van der Waals surface area contributed by atoms with Crippen LogP contribution in [0.1, 0.15) is 19.4 Å². The number of benzene rings is 1. The van der Waals surface area contributed by atoms with Gasteiger partial charge in [0.1, 0.15) is 4.99 Å². The maximum atomic E-state index is 5.47. The van der Waals surface area contributed by atoms with E-state index in [1.165, 1.54) is 0 Å². The van der Waals surface area contributed by atoms with Crippen molar-refractivity contribution >= 4 is 35.7 Å². The zero-order valence-electron chi connectivity index (χ0n) is 9.88. The van der Waals surface area contributed by atoms with Gasteiger partial charge in [0.2, 0.25) is 0 Å². The van der Waals surface area contributed by atoms with Gasteiger partial charge in [-0.25, -0.2) is 0 Å². The zero-order valence-corrected chi connectivity index (χ0v) is 12.4. The van der Waals surface area contributed by atoms with E-state index in [2.05, 4.69) is 5.09 Å². The third kappa shape index (κ3) is 4.82. The molecule has 1 aromatic carbocycles. The zero-order chi connectivity index (χ0) is 12.7. The Kier molecular flexibility index (Phi) is 6.23. The first-order valence-electron chi connectivity index (χ1n) is 5.38. The highest BCUT2D eigenvalue weighted by molar-refractivity contribution is 8.09. The molecule has 0 unspecified atom stereocenters. The molecule has 0 aromatic heterocycles. The van der Waals surface area contributed by atoms with Crippen molar-refractivity contribution in [2.75, 3.05) is 13.2 Å². The minimum absolute atomic E-state index is 0.502. The molecule has 0 saturated heterocycles. The molecule has 0 spiro atoms. The van der Waals surface area contributed by atoms with Gasteiger partial charge < -0.3 is 14.1 Å². The van der Waals surface area contributed by atoms with Crippen LogP contribution in [0.4, 0.5) is 0 Å². The van der Waals surface area contributed by atoms with Crippen LogP contribution >= 0.6 is 18.9 Å². The third-order valence-electron chi connectivity index (χ3n) is 1.87. The van der Waals surface area contributed by atoms with Crippen LogP contribution < -0.4 is 5.09 Å². The summed E-state index contributed by atoms with van der Waals surface area (Å²) in [5, 5.41) is 3.02. The summed E-state index contributed by atoms with van der Waals surface area (Å²) in [4.78, 5) is 0.566. The molecule has 94 valence electrons. The Morgan fingerprint density at radius 3 is 2.18 bits per heavy atom. The number of thiocarbonyl (C=S) groups is 1. The van der Waals surface area contributed by atoms with E-state index >= 15 is 0 Å². The van der Waals surface area contributed by atoms with Crippen LogP contribution in [0.3, 0.4) is 0 Å². The fraction of sp³-hybridized carbons (Fsp3) is 0.364. The van der Waals surface area contributed by atoms with Crippen molar-refractivity contribution in [3.63, 3.8) is 0 Å². The lowest BCUT2D eigenvalue weighted by Gasteiger charge is -2.22. The molecule has 3 nitrogen and oxygen atoms in total. The van der Waals surface area contributed by atoms with Gasteiger partial charge in [0.15, 0.2) is 0 Å². The van der Waals surface area contributed by atoms with Gasteiger partial charge in [-0.2, -0.15) is 0 Å². The Morgan fingerprint density at radius 2 is 1.71 bits per heavy atom. The molecular formula is C11H16NO2PS2. The fourth-order valence-corrected chi connectivity index (χ4v) is 4.06. The van der Waals surface area contributed by atoms with E-state index < -0.39 is 6.64 Å². The Morgan fingerprint density at radius 1 is 1.18 bits per heavy atom. The highest BCUT2D eigenvalue weighted by atomic mass is 32.5. The first-order valence-corrected chi connectivity index (χ1v) is 8.42. The predicted octanol–water partition coefficient (Wildman–Crippen LogP) is 3.25. The monoisotopic (exact) mass is 289 g/mol. The SMILES string of the molecule is CCOP(=S)(NC(=S)c1ccccc1)OCC. The van der Waals surface area contributed by atoms with Gasteiger partial charge >= 0.3 is 0 Å². The average molecular weight is 289 g/mol. The second-order valence-corrected chi connectivity index (χ2v) is 6.73. The lowest BCUT2D eigenvalue weighted by atomic mass is 10.2. The minimum atomic E-state index is -2.50. The van der Waals surface area contributed by atoms with Gasteiger partial charge in [0.25, 0.3) is 6.64 Å². The molecule has 0 fully saturated rings. The second kappa shape index (κ2) is 7.19. The van der Waals surface area contributed by atoms with Crippen LogP contribution in [0, 0.1) is 0 Å². The molecule has 0 aliphatic carbocycles. The standard InChI is InChI=1S/C11H16NO2PS2/c1-3-13-15(17,14-4-2)12-11(16)10-8-6-5-7-9-10/h5-9H,3-4H2,1-2H3,(H,12,16,17). The van der Waals surface area contributed by atoms with E-state index in [-0.39, 0.29) is 0 Å². The summed E-state index contributed by atoms with van der Waals surface area (Å²) in [6.45, 7) is 2.27. The molecule has 0 heterocycles. The predicted molar refractivity (Wildman–Crippen MR) is 78.8 cm³/mol. The maximum absolute atomic E-state index is 5.47. The van der Waals surface area contributed by atoms with Crippen LogP contribution in [0.15, 0.2) is 30.3 Å². The van der Waals surface area contributed by atoms with Gasteiger partial charge in [-0.1, -0.05) is 42.5 Å². The Hall–Kier alpha value is -0.320. The molecule has 1 rings (SSSR count). The van der Waals surface area contributed by atoms with Crippen LogP contribution in [0.25, 0.3) is 0 Å². The average Bonchev–Trinajstić information content (AvgIpc) is 2.30. The van der Waals surface area contributed by atoms with Crippen molar-refractivity contribution in [2.24, 2.45) is 0 Å². The molecule has 0 amide bonds. The largest absolute Gasteiger partial charge is 0.314 e. The van der Waals surface area contributed by atoms with Crippen molar-refractivity contribution < 1.29 is 9.05 Å². The molecule has 0 saturated carbocycles. The van der Waals surface area contributed by atoms with Crippen molar-refractivity contribution in [3.8, 4) is 0 Å². The summed E-state index contributed by atoms with van der Waals surface area (Å²) in [5.41, 5.74) is 0.913. The van der Waals surface area contributed by atoms with Crippen LogP contribution in [-0.2, 0) is 20.9 Å². The van der Waals surface area contributed by atoms with Crippen LogP contribution in [-0.4, -0.2) is 18.2 Å².